The molecular weight excluding hydrogens is 438 g/mol. The Bertz CT molecular complexity index is 874. The van der Waals surface area contributed by atoms with Crippen molar-refractivity contribution in [1.82, 2.24) is 25.5 Å². The van der Waals surface area contributed by atoms with Gasteiger partial charge in [0.15, 0.2) is 6.04 Å². The fraction of sp³-hybridized carbons (Fsp3) is 0.579. The first-order valence-electron chi connectivity index (χ1n) is 10.3. The maximum Gasteiger partial charge on any atom is 0.328 e. The summed E-state index contributed by atoms with van der Waals surface area (Å²) in [4.78, 5) is 68.9. The predicted molar refractivity (Wildman–Crippen MR) is 112 cm³/mol. The van der Waals surface area contributed by atoms with Gasteiger partial charge in [0, 0.05) is 24.9 Å². The molecule has 1 saturated heterocycles. The normalized spacial score (nSPS) is 19.2. The monoisotopic (exact) mass is 467 g/mol. The number of hydrogen-bond donors (Lipinski definition) is 7. The lowest BCUT2D eigenvalue weighted by Gasteiger charge is -2.28. The Labute approximate surface area is 189 Å². The molecule has 5 atom stereocenters. The lowest BCUT2D eigenvalue weighted by atomic mass is 10.1. The Balaban J connectivity index is 2.08. The molecule has 4 amide bonds. The number of aliphatic carboxylic acids is 1. The first-order valence-corrected chi connectivity index (χ1v) is 10.3. The molecule has 2 heterocycles. The molecule has 33 heavy (non-hydrogen) atoms. The van der Waals surface area contributed by atoms with Crippen LogP contribution in [0.25, 0.3) is 0 Å². The molecule has 0 spiro atoms. The highest BCUT2D eigenvalue weighted by Gasteiger charge is 2.38. The Morgan fingerprint density at radius 1 is 1.30 bits per heavy atom. The third-order valence-electron chi connectivity index (χ3n) is 5.23. The molecule has 2 rings (SSSR count). The first-order chi connectivity index (χ1) is 15.5. The lowest BCUT2D eigenvalue weighted by Crippen LogP contribution is -2.58. The van der Waals surface area contributed by atoms with Crippen molar-refractivity contribution in [3.05, 3.63) is 18.2 Å². The quantitative estimate of drug-likeness (QED) is 0.171. The summed E-state index contributed by atoms with van der Waals surface area (Å²) < 4.78 is 0. The molecule has 5 unspecified atom stereocenters. The molecule has 1 aromatic heterocycles. The van der Waals surface area contributed by atoms with Crippen LogP contribution in [0.3, 0.4) is 0 Å². The molecule has 0 aromatic carbocycles. The van der Waals surface area contributed by atoms with Gasteiger partial charge < -0.3 is 42.2 Å². The number of amides is 4. The highest BCUT2D eigenvalue weighted by molar-refractivity contribution is 5.96. The summed E-state index contributed by atoms with van der Waals surface area (Å²) in [7, 11) is 0. The standard InChI is InChI=1S/C19H29N7O7/c1-9(27)15(19(32)33)25-16(29)12(6-14(21)28)24-17(30)13-3-2-4-26(13)18(31)11(20)5-10-7-22-8-23-10/h7-9,11-13,15,27H,2-6,20H2,1H3,(H2,21,28)(H,22,23)(H,24,30)(H,25,29)(H,32,33). The van der Waals surface area contributed by atoms with Crippen LogP contribution in [0.5, 0.6) is 0 Å². The van der Waals surface area contributed by atoms with E-state index in [1.165, 1.54) is 17.4 Å². The second kappa shape index (κ2) is 11.4. The number of hydrogen-bond acceptors (Lipinski definition) is 8. The van der Waals surface area contributed by atoms with E-state index in [9.17, 15) is 29.1 Å². The van der Waals surface area contributed by atoms with Gasteiger partial charge in [-0.1, -0.05) is 0 Å². The van der Waals surface area contributed by atoms with E-state index < -0.39 is 66.3 Å². The molecule has 1 aliphatic heterocycles. The maximum atomic E-state index is 12.9. The summed E-state index contributed by atoms with van der Waals surface area (Å²) in [5, 5.41) is 23.1. The fourth-order valence-corrected chi connectivity index (χ4v) is 3.56. The zero-order valence-corrected chi connectivity index (χ0v) is 18.1. The summed E-state index contributed by atoms with van der Waals surface area (Å²) in [6.45, 7) is 1.44. The number of aliphatic hydroxyl groups excluding tert-OH is 1. The third kappa shape index (κ3) is 6.98. The average Bonchev–Trinajstić information content (AvgIpc) is 3.41. The number of carbonyl (C=O) groups excluding carboxylic acids is 4. The minimum absolute atomic E-state index is 0.187. The van der Waals surface area contributed by atoms with Crippen LogP contribution < -0.4 is 22.1 Å². The van der Waals surface area contributed by atoms with Crippen molar-refractivity contribution >= 4 is 29.6 Å². The molecule has 0 radical (unpaired) electrons. The zero-order chi connectivity index (χ0) is 24.7. The van der Waals surface area contributed by atoms with Gasteiger partial charge in [-0.25, -0.2) is 9.78 Å². The second-order valence-electron chi connectivity index (χ2n) is 7.87. The number of rotatable bonds is 11. The average molecular weight is 467 g/mol. The van der Waals surface area contributed by atoms with Crippen LogP contribution in [0, 0.1) is 0 Å². The molecule has 1 aliphatic rings. The summed E-state index contributed by atoms with van der Waals surface area (Å²) in [5.74, 6) is -4.60. The molecule has 14 heteroatoms. The molecule has 9 N–H and O–H groups in total. The first kappa shape index (κ1) is 25.7. The van der Waals surface area contributed by atoms with Gasteiger partial charge in [-0.3, -0.25) is 19.2 Å². The van der Waals surface area contributed by atoms with E-state index in [4.69, 9.17) is 16.6 Å². The molecule has 14 nitrogen and oxygen atoms in total. The largest absolute Gasteiger partial charge is 0.480 e. The highest BCUT2D eigenvalue weighted by Crippen LogP contribution is 2.19. The molecule has 0 saturated carbocycles. The van der Waals surface area contributed by atoms with Gasteiger partial charge in [-0.2, -0.15) is 0 Å². The van der Waals surface area contributed by atoms with Gasteiger partial charge in [0.1, 0.15) is 12.1 Å². The van der Waals surface area contributed by atoms with Gasteiger partial charge in [0.05, 0.1) is 24.9 Å². The molecular formula is C19H29N7O7. The number of nitrogens with zero attached hydrogens (tertiary/aromatic N) is 2. The van der Waals surface area contributed by atoms with Gasteiger partial charge in [-0.15, -0.1) is 0 Å². The molecule has 182 valence electrons. The highest BCUT2D eigenvalue weighted by atomic mass is 16.4. The number of nitrogens with one attached hydrogen (secondary N) is 3. The predicted octanol–water partition coefficient (Wildman–Crippen LogP) is -3.42. The van der Waals surface area contributed by atoms with Crippen LogP contribution in [-0.2, 0) is 30.4 Å². The summed E-state index contributed by atoms with van der Waals surface area (Å²) in [5.41, 5.74) is 11.8. The number of carboxylic acids is 1. The Kier molecular flexibility index (Phi) is 8.87. The smallest absolute Gasteiger partial charge is 0.328 e. The van der Waals surface area contributed by atoms with Crippen molar-refractivity contribution in [2.24, 2.45) is 11.5 Å². The topological polar surface area (TPSA) is 234 Å². The molecule has 1 aromatic rings. The van der Waals surface area contributed by atoms with Crippen LogP contribution in [0.1, 0.15) is 31.9 Å². The number of imidazole rings is 1. The number of aromatic amines is 1. The lowest BCUT2D eigenvalue weighted by molar-refractivity contribution is -0.145. The number of likely N-dealkylation sites (tertiary alicyclic amines) is 1. The van der Waals surface area contributed by atoms with E-state index in [0.717, 1.165) is 6.92 Å². The minimum atomic E-state index is -1.66. The van der Waals surface area contributed by atoms with E-state index in [2.05, 4.69) is 20.6 Å². The number of aliphatic hydroxyl groups is 1. The minimum Gasteiger partial charge on any atom is -0.480 e. The van der Waals surface area contributed by atoms with Crippen LogP contribution in [0.4, 0.5) is 0 Å². The number of primary amides is 1. The van der Waals surface area contributed by atoms with Crippen LogP contribution >= 0.6 is 0 Å². The van der Waals surface area contributed by atoms with Crippen molar-refractivity contribution in [3.63, 3.8) is 0 Å². The molecule has 0 aliphatic carbocycles. The molecule has 1 fully saturated rings. The number of carboxylic acid groups (broad SMARTS) is 1. The second-order valence-corrected chi connectivity index (χ2v) is 7.87. The number of H-pyrrole nitrogens is 1. The van der Waals surface area contributed by atoms with Crippen molar-refractivity contribution in [1.29, 1.82) is 0 Å². The van der Waals surface area contributed by atoms with E-state index in [0.29, 0.717) is 18.5 Å². The van der Waals surface area contributed by atoms with E-state index in [1.807, 2.05) is 0 Å². The number of nitrogens with two attached hydrogens (primary N) is 2. The van der Waals surface area contributed by atoms with Crippen molar-refractivity contribution in [3.8, 4) is 0 Å². The SMILES string of the molecule is CC(O)C(NC(=O)C(CC(N)=O)NC(=O)C1CCCN1C(=O)C(N)Cc1cnc[nH]1)C(=O)O. The van der Waals surface area contributed by atoms with Gasteiger partial charge in [0.25, 0.3) is 0 Å². The maximum absolute atomic E-state index is 12.9. The van der Waals surface area contributed by atoms with Crippen molar-refractivity contribution < 1.29 is 34.2 Å². The summed E-state index contributed by atoms with van der Waals surface area (Å²) >= 11 is 0. The Morgan fingerprint density at radius 3 is 2.55 bits per heavy atom. The third-order valence-corrected chi connectivity index (χ3v) is 5.23. The van der Waals surface area contributed by atoms with E-state index in [-0.39, 0.29) is 13.0 Å². The van der Waals surface area contributed by atoms with E-state index >= 15 is 0 Å². The zero-order valence-electron chi connectivity index (χ0n) is 18.1. The van der Waals surface area contributed by atoms with Crippen LogP contribution in [0.2, 0.25) is 0 Å². The summed E-state index contributed by atoms with van der Waals surface area (Å²) in [6.07, 6.45) is 1.97. The van der Waals surface area contributed by atoms with Crippen LogP contribution in [0.15, 0.2) is 12.5 Å². The van der Waals surface area contributed by atoms with Crippen LogP contribution in [-0.4, -0.2) is 91.5 Å². The van der Waals surface area contributed by atoms with Crippen molar-refractivity contribution in [2.75, 3.05) is 6.54 Å². The van der Waals surface area contributed by atoms with Gasteiger partial charge in [0.2, 0.25) is 23.6 Å². The van der Waals surface area contributed by atoms with Gasteiger partial charge >= 0.3 is 5.97 Å². The van der Waals surface area contributed by atoms with Gasteiger partial charge in [-0.05, 0) is 19.8 Å². The Hall–Kier alpha value is -3.52. The van der Waals surface area contributed by atoms with E-state index in [1.54, 1.807) is 0 Å². The summed E-state index contributed by atoms with van der Waals surface area (Å²) in [6, 6.07) is -5.01. The molecule has 0 bridgehead atoms. The Morgan fingerprint density at radius 2 is 2.00 bits per heavy atom. The number of carbonyl (C=O) groups is 5. The van der Waals surface area contributed by atoms with Crippen molar-refractivity contribution in [2.45, 2.75) is 62.9 Å². The number of aromatic nitrogens is 2. The fourth-order valence-electron chi connectivity index (χ4n) is 3.56.